The number of hydrogen-bond donors (Lipinski definition) is 2. The maximum Gasteiger partial charge on any atom is 0.416 e. The molecule has 1 unspecified atom stereocenters. The summed E-state index contributed by atoms with van der Waals surface area (Å²) in [6.45, 7) is 1.55. The third-order valence-electron chi connectivity index (χ3n) is 3.18. The van der Waals surface area contributed by atoms with Crippen molar-refractivity contribution in [2.45, 2.75) is 25.6 Å². The molecule has 0 aliphatic carbocycles. The van der Waals surface area contributed by atoms with Crippen LogP contribution in [0.5, 0.6) is 0 Å². The first-order chi connectivity index (χ1) is 10.8. The van der Waals surface area contributed by atoms with Crippen LogP contribution in [0, 0.1) is 0 Å². The van der Waals surface area contributed by atoms with Crippen LogP contribution in [0.3, 0.4) is 0 Å². The summed E-state index contributed by atoms with van der Waals surface area (Å²) in [5.74, 6) is 0.273. The maximum absolute atomic E-state index is 12.7. The van der Waals surface area contributed by atoms with Crippen LogP contribution in [0.1, 0.15) is 24.5 Å². The summed E-state index contributed by atoms with van der Waals surface area (Å²) in [7, 11) is 0. The van der Waals surface area contributed by atoms with Gasteiger partial charge in [0.1, 0.15) is 0 Å². The van der Waals surface area contributed by atoms with Gasteiger partial charge in [0.05, 0.1) is 5.56 Å². The molecular weight excluding hydrogens is 327 g/mol. The molecule has 0 saturated carbocycles. The van der Waals surface area contributed by atoms with Crippen molar-refractivity contribution in [2.24, 2.45) is 0 Å². The number of hydrogen-bond acceptors (Lipinski definition) is 3. The summed E-state index contributed by atoms with van der Waals surface area (Å²) in [6.07, 6.45) is -0.813. The predicted molar refractivity (Wildman–Crippen MR) is 87.1 cm³/mol. The van der Waals surface area contributed by atoms with Crippen molar-refractivity contribution < 1.29 is 23.1 Å². The third-order valence-corrected chi connectivity index (χ3v) is 3.92. The molecule has 1 atom stereocenters. The van der Waals surface area contributed by atoms with Gasteiger partial charge in [-0.3, -0.25) is 4.79 Å². The van der Waals surface area contributed by atoms with Gasteiger partial charge in [0.15, 0.2) is 0 Å². The number of allylic oxidation sites excluding steroid dienone is 1. The summed E-state index contributed by atoms with van der Waals surface area (Å²) < 4.78 is 38.1. The quantitative estimate of drug-likeness (QED) is 0.744. The Bertz CT molecular complexity index is 553. The Morgan fingerprint density at radius 1 is 1.43 bits per heavy atom. The lowest BCUT2D eigenvalue weighted by molar-refractivity contribution is -0.137. The lowest BCUT2D eigenvalue weighted by atomic mass is 10.0. The van der Waals surface area contributed by atoms with E-state index < -0.39 is 11.7 Å². The minimum absolute atomic E-state index is 0.0399. The second kappa shape index (κ2) is 8.98. The van der Waals surface area contributed by atoms with E-state index in [1.807, 2.05) is 6.26 Å². The highest BCUT2D eigenvalue weighted by Crippen LogP contribution is 2.30. The van der Waals surface area contributed by atoms with Crippen molar-refractivity contribution in [1.82, 2.24) is 5.32 Å². The number of nitrogens with one attached hydrogen (secondary N) is 1. The molecule has 1 aromatic carbocycles. The van der Waals surface area contributed by atoms with E-state index in [9.17, 15) is 18.0 Å². The molecular formula is C16H20F3NO2S. The van der Waals surface area contributed by atoms with Gasteiger partial charge in [-0.05, 0) is 42.9 Å². The number of amides is 1. The highest BCUT2D eigenvalue weighted by atomic mass is 32.2. The molecule has 1 aromatic rings. The second-order valence-electron chi connectivity index (χ2n) is 5.08. The van der Waals surface area contributed by atoms with E-state index in [1.54, 1.807) is 18.7 Å². The Balaban J connectivity index is 2.85. The first-order valence-electron chi connectivity index (χ1n) is 7.04. The normalized spacial score (nSPS) is 13.7. The van der Waals surface area contributed by atoms with Crippen LogP contribution in [0.15, 0.2) is 30.3 Å². The average Bonchev–Trinajstić information content (AvgIpc) is 2.47. The number of carbonyl (C=O) groups excluding carboxylic acids is 1. The number of halogens is 3. The highest BCUT2D eigenvalue weighted by molar-refractivity contribution is 7.98. The van der Waals surface area contributed by atoms with Crippen molar-refractivity contribution in [1.29, 1.82) is 0 Å². The molecule has 0 saturated heterocycles. The lowest BCUT2D eigenvalue weighted by Gasteiger charge is -2.15. The first-order valence-corrected chi connectivity index (χ1v) is 8.43. The summed E-state index contributed by atoms with van der Waals surface area (Å²) in [6, 6.07) is 4.68. The van der Waals surface area contributed by atoms with Gasteiger partial charge in [-0.25, -0.2) is 0 Å². The molecule has 0 radical (unpaired) electrons. The Kier molecular flexibility index (Phi) is 7.64. The van der Waals surface area contributed by atoms with Gasteiger partial charge in [0.2, 0.25) is 5.91 Å². The number of rotatable bonds is 7. The average molecular weight is 347 g/mol. The molecule has 3 nitrogen and oxygen atoms in total. The number of thioether (sulfide) groups is 1. The third kappa shape index (κ3) is 6.66. The fraction of sp³-hybridized carbons (Fsp3) is 0.438. The van der Waals surface area contributed by atoms with Gasteiger partial charge in [0.25, 0.3) is 0 Å². The van der Waals surface area contributed by atoms with Gasteiger partial charge < -0.3 is 10.4 Å². The fourth-order valence-corrected chi connectivity index (χ4v) is 2.67. The van der Waals surface area contributed by atoms with Crippen LogP contribution < -0.4 is 5.32 Å². The second-order valence-corrected chi connectivity index (χ2v) is 5.99. The van der Waals surface area contributed by atoms with Crippen molar-refractivity contribution in [3.8, 4) is 0 Å². The standard InChI is InChI=1S/C16H20F3NO2S/c1-11(8-15(22)20-14(6-7-21)10-23-2)12-4-3-5-13(9-12)16(17,18)19/h3-5,8-9,14,21H,6-7,10H2,1-2H3,(H,20,22)/b11-8-. The number of carbonyl (C=O) groups is 1. The molecule has 0 bridgehead atoms. The van der Waals surface area contributed by atoms with Gasteiger partial charge in [-0.2, -0.15) is 24.9 Å². The molecule has 0 spiro atoms. The smallest absolute Gasteiger partial charge is 0.396 e. The SMILES string of the molecule is CSCC(CCO)NC(=O)/C=C(/C)c1cccc(C(F)(F)F)c1. The summed E-state index contributed by atoms with van der Waals surface area (Å²) in [5, 5.41) is 11.7. The van der Waals surface area contributed by atoms with E-state index in [4.69, 9.17) is 5.11 Å². The zero-order valence-corrected chi connectivity index (χ0v) is 13.8. The molecule has 0 fully saturated rings. The lowest BCUT2D eigenvalue weighted by Crippen LogP contribution is -2.36. The van der Waals surface area contributed by atoms with Crippen molar-refractivity contribution in [3.05, 3.63) is 41.5 Å². The predicted octanol–water partition coefficient (Wildman–Crippen LogP) is 3.34. The van der Waals surface area contributed by atoms with E-state index >= 15 is 0 Å². The number of aliphatic hydroxyl groups excluding tert-OH is 1. The van der Waals surface area contributed by atoms with Crippen LogP contribution in [0.25, 0.3) is 5.57 Å². The molecule has 1 amide bonds. The summed E-state index contributed by atoms with van der Waals surface area (Å²) in [4.78, 5) is 12.0. The van der Waals surface area contributed by atoms with Crippen LogP contribution in [-0.4, -0.2) is 35.7 Å². The molecule has 23 heavy (non-hydrogen) atoms. The van der Waals surface area contributed by atoms with Crippen molar-refractivity contribution >= 4 is 23.2 Å². The fourth-order valence-electron chi connectivity index (χ4n) is 2.02. The molecule has 128 valence electrons. The van der Waals surface area contributed by atoms with Gasteiger partial charge in [-0.15, -0.1) is 0 Å². The zero-order chi connectivity index (χ0) is 17.5. The molecule has 7 heteroatoms. The maximum atomic E-state index is 12.7. The molecule has 0 aromatic heterocycles. The van der Waals surface area contributed by atoms with Crippen LogP contribution in [0.4, 0.5) is 13.2 Å². The van der Waals surface area contributed by atoms with E-state index in [0.717, 1.165) is 12.1 Å². The minimum atomic E-state index is -4.41. The minimum Gasteiger partial charge on any atom is -0.396 e. The largest absolute Gasteiger partial charge is 0.416 e. The van der Waals surface area contributed by atoms with Crippen molar-refractivity contribution in [2.75, 3.05) is 18.6 Å². The van der Waals surface area contributed by atoms with Crippen LogP contribution in [0.2, 0.25) is 0 Å². The van der Waals surface area contributed by atoms with E-state index in [1.165, 1.54) is 18.2 Å². The van der Waals surface area contributed by atoms with E-state index in [-0.39, 0.29) is 18.6 Å². The van der Waals surface area contributed by atoms with Gasteiger partial charge >= 0.3 is 6.18 Å². The van der Waals surface area contributed by atoms with Gasteiger partial charge in [-0.1, -0.05) is 12.1 Å². The molecule has 2 N–H and O–H groups in total. The molecule has 0 aliphatic heterocycles. The van der Waals surface area contributed by atoms with Crippen molar-refractivity contribution in [3.63, 3.8) is 0 Å². The molecule has 0 heterocycles. The summed E-state index contributed by atoms with van der Waals surface area (Å²) in [5.41, 5.74) is 0.0442. The van der Waals surface area contributed by atoms with Gasteiger partial charge in [0, 0.05) is 24.5 Å². The first kappa shape index (κ1) is 19.6. The number of alkyl halides is 3. The Morgan fingerprint density at radius 2 is 2.13 bits per heavy atom. The molecule has 1 rings (SSSR count). The van der Waals surface area contributed by atoms with Crippen LogP contribution in [-0.2, 0) is 11.0 Å². The Hall–Kier alpha value is -1.47. The van der Waals surface area contributed by atoms with Crippen LogP contribution >= 0.6 is 11.8 Å². The Morgan fingerprint density at radius 3 is 2.70 bits per heavy atom. The Labute approximate surface area is 138 Å². The summed E-state index contributed by atoms with van der Waals surface area (Å²) >= 11 is 1.54. The van der Waals surface area contributed by atoms with E-state index in [2.05, 4.69) is 5.32 Å². The monoisotopic (exact) mass is 347 g/mol. The topological polar surface area (TPSA) is 49.3 Å². The number of aliphatic hydroxyl groups is 1. The van der Waals surface area contributed by atoms with E-state index in [0.29, 0.717) is 23.3 Å². The number of benzene rings is 1. The molecule has 0 aliphatic rings. The zero-order valence-electron chi connectivity index (χ0n) is 13.0. The highest BCUT2D eigenvalue weighted by Gasteiger charge is 2.30.